The highest BCUT2D eigenvalue weighted by Crippen LogP contribution is 2.16. The number of carbonyl (C=O) groups is 1. The number of amides is 1. The van der Waals surface area contributed by atoms with E-state index in [1.54, 1.807) is 20.2 Å². The molecule has 1 aromatic heterocycles. The van der Waals surface area contributed by atoms with Crippen LogP contribution in [0.25, 0.3) is 0 Å². The molecule has 1 rings (SSSR count). The molecular formula is C14H24N4O. The van der Waals surface area contributed by atoms with Gasteiger partial charge in [0.1, 0.15) is 5.82 Å². The van der Waals surface area contributed by atoms with Crippen LogP contribution in [-0.2, 0) is 0 Å². The van der Waals surface area contributed by atoms with Crippen LogP contribution in [0.3, 0.4) is 0 Å². The minimum atomic E-state index is -0.132. The van der Waals surface area contributed by atoms with Crippen molar-refractivity contribution < 1.29 is 4.79 Å². The fourth-order valence-electron chi connectivity index (χ4n) is 2.10. The fraction of sp³-hybridized carbons (Fsp3) is 0.643. The van der Waals surface area contributed by atoms with E-state index < -0.39 is 0 Å². The zero-order chi connectivity index (χ0) is 14.4. The van der Waals surface area contributed by atoms with Crippen molar-refractivity contribution in [2.45, 2.75) is 39.7 Å². The lowest BCUT2D eigenvalue weighted by atomic mass is 9.95. The molecule has 5 heteroatoms. The van der Waals surface area contributed by atoms with Gasteiger partial charge in [-0.15, -0.1) is 10.2 Å². The van der Waals surface area contributed by atoms with E-state index in [4.69, 9.17) is 0 Å². The second-order valence-electron chi connectivity index (χ2n) is 5.01. The van der Waals surface area contributed by atoms with Crippen LogP contribution >= 0.6 is 0 Å². The third kappa shape index (κ3) is 4.19. The molecule has 0 bridgehead atoms. The predicted octanol–water partition coefficient (Wildman–Crippen LogP) is 2.42. The third-order valence-corrected chi connectivity index (χ3v) is 3.42. The zero-order valence-electron chi connectivity index (χ0n) is 12.5. The highest BCUT2D eigenvalue weighted by atomic mass is 16.2. The Morgan fingerprint density at radius 1 is 1.26 bits per heavy atom. The van der Waals surface area contributed by atoms with Crippen LogP contribution in [0, 0.1) is 5.92 Å². The first-order valence-corrected chi connectivity index (χ1v) is 6.81. The predicted molar refractivity (Wildman–Crippen MR) is 77.2 cm³/mol. The Labute approximate surface area is 115 Å². The summed E-state index contributed by atoms with van der Waals surface area (Å²) in [4.78, 5) is 13.2. The largest absolute Gasteiger partial charge is 0.366 e. The molecule has 0 fully saturated rings. The lowest BCUT2D eigenvalue weighted by molar-refractivity contribution is 0.0821. The van der Waals surface area contributed by atoms with Crippen LogP contribution in [-0.4, -0.2) is 41.1 Å². The molecule has 0 spiro atoms. The molecule has 0 aliphatic heterocycles. The van der Waals surface area contributed by atoms with Crippen LogP contribution in [0.5, 0.6) is 0 Å². The molecule has 5 nitrogen and oxygen atoms in total. The smallest absolute Gasteiger partial charge is 0.273 e. The van der Waals surface area contributed by atoms with Crippen LogP contribution < -0.4 is 5.32 Å². The Kier molecular flexibility index (Phi) is 5.73. The molecule has 1 aromatic rings. The topological polar surface area (TPSA) is 58.1 Å². The summed E-state index contributed by atoms with van der Waals surface area (Å²) in [5, 5.41) is 11.4. The first-order chi connectivity index (χ1) is 8.99. The van der Waals surface area contributed by atoms with Gasteiger partial charge in [-0.1, -0.05) is 26.7 Å². The van der Waals surface area contributed by atoms with Crippen LogP contribution in [0.15, 0.2) is 12.1 Å². The number of aromatic nitrogens is 2. The number of hydrogen-bond acceptors (Lipinski definition) is 4. The van der Waals surface area contributed by atoms with Gasteiger partial charge < -0.3 is 10.2 Å². The molecule has 0 aliphatic rings. The van der Waals surface area contributed by atoms with Gasteiger partial charge in [0.05, 0.1) is 0 Å². The molecule has 1 heterocycles. The summed E-state index contributed by atoms with van der Waals surface area (Å²) in [7, 11) is 3.40. The second kappa shape index (κ2) is 7.07. The summed E-state index contributed by atoms with van der Waals surface area (Å²) in [6.45, 7) is 6.53. The average Bonchev–Trinajstić information content (AvgIpc) is 2.40. The van der Waals surface area contributed by atoms with Gasteiger partial charge >= 0.3 is 0 Å². The van der Waals surface area contributed by atoms with Crippen molar-refractivity contribution in [1.82, 2.24) is 15.1 Å². The summed E-state index contributed by atoms with van der Waals surface area (Å²) < 4.78 is 0. The molecule has 19 heavy (non-hydrogen) atoms. The minimum Gasteiger partial charge on any atom is -0.366 e. The van der Waals surface area contributed by atoms with Crippen molar-refractivity contribution in [3.63, 3.8) is 0 Å². The van der Waals surface area contributed by atoms with Gasteiger partial charge in [0.2, 0.25) is 0 Å². The Morgan fingerprint density at radius 3 is 2.32 bits per heavy atom. The first kappa shape index (κ1) is 15.4. The average molecular weight is 264 g/mol. The standard InChI is InChI=1S/C14H24N4O/c1-6-11(7-2)10(3)15-13-9-8-12(16-17-13)14(19)18(4)5/h8-11H,6-7H2,1-5H3,(H,15,17). The van der Waals surface area contributed by atoms with Crippen LogP contribution in [0.2, 0.25) is 0 Å². The SMILES string of the molecule is CCC(CC)C(C)Nc1ccc(C(=O)N(C)C)nn1. The summed E-state index contributed by atoms with van der Waals surface area (Å²) in [5.74, 6) is 1.20. The lowest BCUT2D eigenvalue weighted by Gasteiger charge is -2.22. The minimum absolute atomic E-state index is 0.132. The number of nitrogens with one attached hydrogen (secondary N) is 1. The van der Waals surface area contributed by atoms with Gasteiger partial charge in [0, 0.05) is 20.1 Å². The van der Waals surface area contributed by atoms with Gasteiger partial charge in [-0.2, -0.15) is 0 Å². The number of carbonyl (C=O) groups excluding carboxylic acids is 1. The number of rotatable bonds is 6. The van der Waals surface area contributed by atoms with E-state index in [1.165, 1.54) is 4.90 Å². The first-order valence-electron chi connectivity index (χ1n) is 6.81. The summed E-state index contributed by atoms with van der Waals surface area (Å²) in [6, 6.07) is 3.86. The van der Waals surface area contributed by atoms with E-state index in [-0.39, 0.29) is 5.91 Å². The molecule has 0 aliphatic carbocycles. The molecule has 0 aromatic carbocycles. The van der Waals surface area contributed by atoms with Gasteiger partial charge in [-0.3, -0.25) is 4.79 Å². The van der Waals surface area contributed by atoms with E-state index in [0.29, 0.717) is 17.7 Å². The monoisotopic (exact) mass is 264 g/mol. The van der Waals surface area contributed by atoms with E-state index >= 15 is 0 Å². The highest BCUT2D eigenvalue weighted by Gasteiger charge is 2.15. The van der Waals surface area contributed by atoms with Crippen molar-refractivity contribution in [2.24, 2.45) is 5.92 Å². The maximum atomic E-state index is 11.7. The number of hydrogen-bond donors (Lipinski definition) is 1. The Morgan fingerprint density at radius 2 is 1.89 bits per heavy atom. The number of nitrogens with zero attached hydrogens (tertiary/aromatic N) is 3. The summed E-state index contributed by atoms with van der Waals surface area (Å²) in [6.07, 6.45) is 2.27. The highest BCUT2D eigenvalue weighted by molar-refractivity contribution is 5.91. The Bertz CT molecular complexity index is 398. The lowest BCUT2D eigenvalue weighted by Crippen LogP contribution is -2.26. The summed E-state index contributed by atoms with van der Waals surface area (Å²) in [5.41, 5.74) is 0.366. The molecule has 1 atom stereocenters. The van der Waals surface area contributed by atoms with Crippen molar-refractivity contribution in [3.05, 3.63) is 17.8 Å². The molecule has 0 saturated carbocycles. The molecule has 0 radical (unpaired) electrons. The Hall–Kier alpha value is -1.65. The quantitative estimate of drug-likeness (QED) is 0.857. The Balaban J connectivity index is 2.69. The summed E-state index contributed by atoms with van der Waals surface area (Å²) >= 11 is 0. The van der Waals surface area contributed by atoms with Crippen molar-refractivity contribution >= 4 is 11.7 Å². The number of anilines is 1. The van der Waals surface area contributed by atoms with Gasteiger partial charge in [0.25, 0.3) is 5.91 Å². The van der Waals surface area contributed by atoms with Gasteiger partial charge in [0.15, 0.2) is 5.69 Å². The van der Waals surface area contributed by atoms with E-state index in [9.17, 15) is 4.79 Å². The maximum Gasteiger partial charge on any atom is 0.273 e. The van der Waals surface area contributed by atoms with Crippen molar-refractivity contribution in [1.29, 1.82) is 0 Å². The van der Waals surface area contributed by atoms with E-state index in [1.807, 2.05) is 6.07 Å². The molecule has 1 amide bonds. The molecule has 106 valence electrons. The maximum absolute atomic E-state index is 11.7. The van der Waals surface area contributed by atoms with Gasteiger partial charge in [-0.25, -0.2) is 0 Å². The van der Waals surface area contributed by atoms with E-state index in [2.05, 4.69) is 36.3 Å². The molecule has 0 saturated heterocycles. The van der Waals surface area contributed by atoms with Crippen LogP contribution in [0.4, 0.5) is 5.82 Å². The normalized spacial score (nSPS) is 12.3. The van der Waals surface area contributed by atoms with Gasteiger partial charge in [-0.05, 0) is 25.0 Å². The van der Waals surface area contributed by atoms with Crippen molar-refractivity contribution in [3.8, 4) is 0 Å². The third-order valence-electron chi connectivity index (χ3n) is 3.42. The van der Waals surface area contributed by atoms with Crippen molar-refractivity contribution in [2.75, 3.05) is 19.4 Å². The molecular weight excluding hydrogens is 240 g/mol. The van der Waals surface area contributed by atoms with Crippen LogP contribution in [0.1, 0.15) is 44.1 Å². The fourth-order valence-corrected chi connectivity index (χ4v) is 2.10. The molecule has 1 N–H and O–H groups in total. The molecule has 1 unspecified atom stereocenters. The second-order valence-corrected chi connectivity index (χ2v) is 5.01. The zero-order valence-corrected chi connectivity index (χ0v) is 12.5. The van der Waals surface area contributed by atoms with E-state index in [0.717, 1.165) is 18.7 Å².